The van der Waals surface area contributed by atoms with E-state index in [0.717, 1.165) is 49.4 Å². The van der Waals surface area contributed by atoms with Gasteiger partial charge in [0.05, 0.1) is 12.8 Å². The highest BCUT2D eigenvalue weighted by Crippen LogP contribution is 2.38. The normalized spacial score (nSPS) is 18.4. The Morgan fingerprint density at radius 2 is 2.03 bits per heavy atom. The van der Waals surface area contributed by atoms with Gasteiger partial charge in [-0.15, -0.1) is 0 Å². The molecule has 0 unspecified atom stereocenters. The van der Waals surface area contributed by atoms with Gasteiger partial charge in [0.2, 0.25) is 5.88 Å². The minimum absolute atomic E-state index is 0.397. The molecule has 1 saturated carbocycles. The molecule has 0 radical (unpaired) electrons. The van der Waals surface area contributed by atoms with Crippen molar-refractivity contribution in [1.82, 2.24) is 15.0 Å². The number of ether oxygens (including phenoxy) is 1. The summed E-state index contributed by atoms with van der Waals surface area (Å²) in [5.74, 6) is 2.74. The number of oxazole rings is 1. The van der Waals surface area contributed by atoms with Crippen LogP contribution in [0.4, 0.5) is 5.69 Å². The smallest absolute Gasteiger partial charge is 0.235 e. The Bertz CT molecular complexity index is 1080. The van der Waals surface area contributed by atoms with Crippen molar-refractivity contribution in [2.75, 3.05) is 24.6 Å². The van der Waals surface area contributed by atoms with Crippen molar-refractivity contribution in [1.29, 1.82) is 5.26 Å². The van der Waals surface area contributed by atoms with Crippen LogP contribution >= 0.6 is 0 Å². The molecular weight excluding hydrogens is 378 g/mol. The molecule has 1 saturated heterocycles. The minimum atomic E-state index is 0.397. The minimum Gasteiger partial charge on any atom is -0.476 e. The van der Waals surface area contributed by atoms with Crippen molar-refractivity contribution in [3.63, 3.8) is 0 Å². The molecule has 5 rings (SSSR count). The van der Waals surface area contributed by atoms with Crippen LogP contribution in [0.15, 0.2) is 41.1 Å². The lowest BCUT2D eigenvalue weighted by atomic mass is 10.1. The zero-order valence-corrected chi connectivity index (χ0v) is 16.9. The van der Waals surface area contributed by atoms with Crippen molar-refractivity contribution in [3.05, 3.63) is 54.0 Å². The zero-order valence-electron chi connectivity index (χ0n) is 16.9. The summed E-state index contributed by atoms with van der Waals surface area (Å²) in [7, 11) is 0. The molecule has 3 heterocycles. The van der Waals surface area contributed by atoms with Crippen LogP contribution in [0, 0.1) is 24.2 Å². The lowest BCUT2D eigenvalue weighted by Crippen LogP contribution is -2.22. The molecule has 0 spiro atoms. The number of hydrogen-bond acceptors (Lipinski definition) is 7. The quantitative estimate of drug-likeness (QED) is 0.614. The van der Waals surface area contributed by atoms with E-state index in [4.69, 9.17) is 9.15 Å². The molecule has 30 heavy (non-hydrogen) atoms. The van der Waals surface area contributed by atoms with Gasteiger partial charge in [-0.2, -0.15) is 10.2 Å². The molecule has 152 valence electrons. The molecule has 1 aliphatic heterocycles. The topological polar surface area (TPSA) is 88.1 Å². The van der Waals surface area contributed by atoms with Gasteiger partial charge >= 0.3 is 0 Å². The van der Waals surface area contributed by atoms with Crippen molar-refractivity contribution >= 4 is 5.69 Å². The van der Waals surface area contributed by atoms with Gasteiger partial charge in [0.1, 0.15) is 29.4 Å². The summed E-state index contributed by atoms with van der Waals surface area (Å²) < 4.78 is 11.3. The Morgan fingerprint density at radius 3 is 2.73 bits per heavy atom. The van der Waals surface area contributed by atoms with E-state index in [0.29, 0.717) is 35.8 Å². The maximum atomic E-state index is 9.32. The van der Waals surface area contributed by atoms with Gasteiger partial charge in [-0.1, -0.05) is 12.1 Å². The fraction of sp³-hybridized carbons (Fsp3) is 0.391. The number of rotatable bonds is 6. The highest BCUT2D eigenvalue weighted by Gasteiger charge is 2.28. The summed E-state index contributed by atoms with van der Waals surface area (Å²) in [5.41, 5.74) is 3.51. The van der Waals surface area contributed by atoms with Gasteiger partial charge in [-0.3, -0.25) is 0 Å². The molecule has 2 fully saturated rings. The SMILES string of the molecule is Cc1nc(-c2ccc(N3CC[C@H](COc4nc(C5CC5)ncc4C#N)C3)cc2)co1. The van der Waals surface area contributed by atoms with Crippen molar-refractivity contribution in [2.45, 2.75) is 32.1 Å². The molecule has 0 amide bonds. The van der Waals surface area contributed by atoms with E-state index in [1.807, 2.05) is 6.92 Å². The summed E-state index contributed by atoms with van der Waals surface area (Å²) >= 11 is 0. The molecular formula is C23H23N5O2. The highest BCUT2D eigenvalue weighted by atomic mass is 16.5. The van der Waals surface area contributed by atoms with Crippen LogP contribution in [-0.2, 0) is 0 Å². The number of aromatic nitrogens is 3. The van der Waals surface area contributed by atoms with Crippen molar-refractivity contribution in [2.24, 2.45) is 5.92 Å². The summed E-state index contributed by atoms with van der Waals surface area (Å²) in [6.07, 6.45) is 6.57. The van der Waals surface area contributed by atoms with Crippen LogP contribution in [0.25, 0.3) is 11.3 Å². The van der Waals surface area contributed by atoms with Gasteiger partial charge in [0.25, 0.3) is 0 Å². The van der Waals surface area contributed by atoms with Crippen LogP contribution in [0.1, 0.15) is 42.5 Å². The van der Waals surface area contributed by atoms with Gasteiger partial charge in [0, 0.05) is 43.1 Å². The summed E-state index contributed by atoms with van der Waals surface area (Å²) in [5, 5.41) is 9.32. The number of nitriles is 1. The standard InChI is InChI=1S/C23H23N5O2/c1-15-26-21(14-29-15)17-4-6-20(7-5-17)28-9-8-16(12-28)13-30-23-19(10-24)11-25-22(27-23)18-2-3-18/h4-7,11,14,16,18H,2-3,8-9,12-13H2,1H3/t16-/m0/s1. The Morgan fingerprint density at radius 1 is 1.20 bits per heavy atom. The maximum absolute atomic E-state index is 9.32. The third kappa shape index (κ3) is 3.86. The monoisotopic (exact) mass is 401 g/mol. The molecule has 0 N–H and O–H groups in total. The van der Waals surface area contributed by atoms with Crippen LogP contribution in [0.5, 0.6) is 5.88 Å². The van der Waals surface area contributed by atoms with Gasteiger partial charge in [-0.25, -0.2) is 9.97 Å². The first kappa shape index (κ1) is 18.6. The van der Waals surface area contributed by atoms with Gasteiger partial charge < -0.3 is 14.1 Å². The van der Waals surface area contributed by atoms with Gasteiger partial charge in [-0.05, 0) is 31.4 Å². The predicted octanol–water partition coefficient (Wildman–Crippen LogP) is 4.09. The van der Waals surface area contributed by atoms with E-state index < -0.39 is 0 Å². The Labute approximate surface area is 175 Å². The van der Waals surface area contributed by atoms with E-state index in [-0.39, 0.29) is 0 Å². The van der Waals surface area contributed by atoms with E-state index >= 15 is 0 Å². The molecule has 2 aromatic heterocycles. The Kier molecular flexibility index (Phi) is 4.83. The predicted molar refractivity (Wildman–Crippen MR) is 111 cm³/mol. The second-order valence-electron chi connectivity index (χ2n) is 8.04. The molecule has 1 aromatic carbocycles. The van der Waals surface area contributed by atoms with Crippen molar-refractivity contribution < 1.29 is 9.15 Å². The lowest BCUT2D eigenvalue weighted by Gasteiger charge is -2.19. The zero-order chi connectivity index (χ0) is 20.5. The number of aryl methyl sites for hydroxylation is 1. The molecule has 2 aliphatic rings. The average Bonchev–Trinajstić information content (AvgIpc) is 3.37. The average molecular weight is 401 g/mol. The van der Waals surface area contributed by atoms with Crippen LogP contribution < -0.4 is 9.64 Å². The summed E-state index contributed by atoms with van der Waals surface area (Å²) in [4.78, 5) is 15.5. The Hall–Kier alpha value is -3.40. The van der Waals surface area contributed by atoms with Crippen molar-refractivity contribution in [3.8, 4) is 23.2 Å². The van der Waals surface area contributed by atoms with Crippen LogP contribution in [0.2, 0.25) is 0 Å². The highest BCUT2D eigenvalue weighted by molar-refractivity contribution is 5.62. The molecule has 1 aliphatic carbocycles. The van der Waals surface area contributed by atoms with Gasteiger partial charge in [0.15, 0.2) is 5.89 Å². The molecule has 0 bridgehead atoms. The largest absolute Gasteiger partial charge is 0.476 e. The second-order valence-corrected chi connectivity index (χ2v) is 8.04. The maximum Gasteiger partial charge on any atom is 0.235 e. The molecule has 3 aromatic rings. The van der Waals surface area contributed by atoms with Crippen LogP contribution in [-0.4, -0.2) is 34.6 Å². The molecule has 7 heteroatoms. The van der Waals surface area contributed by atoms with E-state index in [1.165, 1.54) is 5.69 Å². The number of benzene rings is 1. The van der Waals surface area contributed by atoms with E-state index in [1.54, 1.807) is 12.5 Å². The number of nitrogens with zero attached hydrogens (tertiary/aromatic N) is 5. The van der Waals surface area contributed by atoms with E-state index in [9.17, 15) is 5.26 Å². The van der Waals surface area contributed by atoms with E-state index in [2.05, 4.69) is 50.2 Å². The molecule has 1 atom stereocenters. The molecule has 7 nitrogen and oxygen atoms in total. The summed E-state index contributed by atoms with van der Waals surface area (Å²) in [6.45, 7) is 4.31. The fourth-order valence-electron chi connectivity index (χ4n) is 3.84. The third-order valence-electron chi connectivity index (χ3n) is 5.72. The second kappa shape index (κ2) is 7.79. The van der Waals surface area contributed by atoms with Crippen LogP contribution in [0.3, 0.4) is 0 Å². The number of hydrogen-bond donors (Lipinski definition) is 0. The first-order chi connectivity index (χ1) is 14.7. The number of anilines is 1. The first-order valence-corrected chi connectivity index (χ1v) is 10.4. The first-order valence-electron chi connectivity index (χ1n) is 10.4. The fourth-order valence-corrected chi connectivity index (χ4v) is 3.84. The lowest BCUT2D eigenvalue weighted by molar-refractivity contribution is 0.250. The summed E-state index contributed by atoms with van der Waals surface area (Å²) in [6, 6.07) is 10.6. The Balaban J connectivity index is 1.20. The third-order valence-corrected chi connectivity index (χ3v) is 5.72.